The number of nitrogens with one attached hydrogen (secondary N) is 2. The van der Waals surface area contributed by atoms with Crippen LogP contribution in [-0.4, -0.2) is 17.9 Å². The summed E-state index contributed by atoms with van der Waals surface area (Å²) in [5.74, 6) is -0.802. The van der Waals surface area contributed by atoms with Gasteiger partial charge in [-0.3, -0.25) is 9.59 Å². The van der Waals surface area contributed by atoms with E-state index in [1.807, 2.05) is 0 Å². The number of carbonyl (C=O) groups excluding carboxylic acids is 2. The van der Waals surface area contributed by atoms with E-state index in [-0.39, 0.29) is 18.0 Å². The maximum atomic E-state index is 12.7. The molecule has 108 valence electrons. The van der Waals surface area contributed by atoms with Crippen LogP contribution < -0.4 is 10.6 Å². The molecule has 2 amide bonds. The number of rotatable bonds is 2. The van der Waals surface area contributed by atoms with Gasteiger partial charge in [-0.15, -0.1) is 0 Å². The fraction of sp³-hybridized carbons (Fsp3) is 0.333. The van der Waals surface area contributed by atoms with Crippen molar-refractivity contribution in [3.8, 4) is 0 Å². The second kappa shape index (κ2) is 5.32. The van der Waals surface area contributed by atoms with Gasteiger partial charge >= 0.3 is 6.18 Å². The molecule has 0 spiro atoms. The summed E-state index contributed by atoms with van der Waals surface area (Å²) >= 11 is 5.47. The zero-order valence-electron chi connectivity index (χ0n) is 10.1. The maximum absolute atomic E-state index is 12.7. The molecule has 2 N–H and O–H groups in total. The third-order valence-corrected chi connectivity index (χ3v) is 3.18. The van der Waals surface area contributed by atoms with Crippen molar-refractivity contribution < 1.29 is 22.8 Å². The van der Waals surface area contributed by atoms with Crippen LogP contribution in [0.1, 0.15) is 18.4 Å². The van der Waals surface area contributed by atoms with Gasteiger partial charge in [0.25, 0.3) is 0 Å². The number of halogens is 4. The van der Waals surface area contributed by atoms with Crippen LogP contribution in [0.25, 0.3) is 0 Å². The molecule has 1 aromatic carbocycles. The molecular weight excluding hydrogens is 297 g/mol. The Morgan fingerprint density at radius 3 is 2.65 bits per heavy atom. The zero-order valence-corrected chi connectivity index (χ0v) is 10.8. The van der Waals surface area contributed by atoms with Crippen molar-refractivity contribution in [3.63, 3.8) is 0 Å². The van der Waals surface area contributed by atoms with Gasteiger partial charge in [-0.05, 0) is 24.6 Å². The number of amides is 2. The Balaban J connectivity index is 2.14. The molecular formula is C12H10ClF3N2O2. The number of anilines is 1. The minimum absolute atomic E-state index is 0.0205. The highest BCUT2D eigenvalue weighted by Crippen LogP contribution is 2.36. The summed E-state index contributed by atoms with van der Waals surface area (Å²) in [5.41, 5.74) is -1.04. The summed E-state index contributed by atoms with van der Waals surface area (Å²) < 4.78 is 38.0. The Bertz CT molecular complexity index is 560. The van der Waals surface area contributed by atoms with E-state index in [0.717, 1.165) is 12.1 Å². The van der Waals surface area contributed by atoms with Gasteiger partial charge < -0.3 is 10.6 Å². The number of benzene rings is 1. The standard InChI is InChI=1S/C12H10ClF3N2O2/c13-8-2-1-6(5-7(8)12(14,15)16)17-11(20)9-3-4-10(19)18-9/h1-2,5,9H,3-4H2,(H,17,20)(H,18,19). The van der Waals surface area contributed by atoms with Gasteiger partial charge in [-0.25, -0.2) is 0 Å². The van der Waals surface area contributed by atoms with Crippen LogP contribution in [0.4, 0.5) is 18.9 Å². The lowest BCUT2D eigenvalue weighted by Gasteiger charge is -2.14. The molecule has 2 rings (SSSR count). The van der Waals surface area contributed by atoms with E-state index >= 15 is 0 Å². The number of carbonyl (C=O) groups is 2. The minimum atomic E-state index is -4.60. The Morgan fingerprint density at radius 1 is 1.40 bits per heavy atom. The van der Waals surface area contributed by atoms with Crippen molar-refractivity contribution in [2.24, 2.45) is 0 Å². The first-order chi connectivity index (χ1) is 9.27. The molecule has 0 aromatic heterocycles. The second-order valence-electron chi connectivity index (χ2n) is 4.34. The largest absolute Gasteiger partial charge is 0.417 e. The molecule has 1 aromatic rings. The molecule has 1 aliphatic rings. The van der Waals surface area contributed by atoms with E-state index in [1.165, 1.54) is 6.07 Å². The zero-order chi connectivity index (χ0) is 14.9. The van der Waals surface area contributed by atoms with Crippen molar-refractivity contribution in [2.45, 2.75) is 25.1 Å². The van der Waals surface area contributed by atoms with E-state index < -0.39 is 28.7 Å². The van der Waals surface area contributed by atoms with Crippen LogP contribution >= 0.6 is 11.6 Å². The SMILES string of the molecule is O=C1CCC(C(=O)Nc2ccc(Cl)c(C(F)(F)F)c2)N1. The number of hydrogen-bond acceptors (Lipinski definition) is 2. The number of hydrogen-bond donors (Lipinski definition) is 2. The third-order valence-electron chi connectivity index (χ3n) is 2.85. The average molecular weight is 307 g/mol. The normalized spacial score (nSPS) is 18.8. The lowest BCUT2D eigenvalue weighted by atomic mass is 10.1. The Morgan fingerprint density at radius 2 is 2.10 bits per heavy atom. The van der Waals surface area contributed by atoms with Crippen LogP contribution in [0.3, 0.4) is 0 Å². The smallest absolute Gasteiger partial charge is 0.344 e. The summed E-state index contributed by atoms with van der Waals surface area (Å²) in [6.07, 6.45) is -4.05. The van der Waals surface area contributed by atoms with Crippen molar-refractivity contribution in [1.29, 1.82) is 0 Å². The Labute approximate surface area is 117 Å². The van der Waals surface area contributed by atoms with Gasteiger partial charge in [0, 0.05) is 12.1 Å². The molecule has 0 bridgehead atoms. The molecule has 8 heteroatoms. The lowest BCUT2D eigenvalue weighted by molar-refractivity contribution is -0.137. The molecule has 1 atom stereocenters. The Hall–Kier alpha value is -1.76. The summed E-state index contributed by atoms with van der Waals surface area (Å²) in [6, 6.07) is 2.38. The molecule has 1 fully saturated rings. The highest BCUT2D eigenvalue weighted by molar-refractivity contribution is 6.31. The predicted molar refractivity (Wildman–Crippen MR) is 66.2 cm³/mol. The van der Waals surface area contributed by atoms with Crippen LogP contribution in [-0.2, 0) is 15.8 Å². The van der Waals surface area contributed by atoms with Crippen LogP contribution in [0.15, 0.2) is 18.2 Å². The van der Waals surface area contributed by atoms with Gasteiger partial charge in [0.05, 0.1) is 10.6 Å². The van der Waals surface area contributed by atoms with Crippen molar-refractivity contribution in [2.75, 3.05) is 5.32 Å². The first kappa shape index (κ1) is 14.6. The third kappa shape index (κ3) is 3.22. The summed E-state index contributed by atoms with van der Waals surface area (Å²) in [5, 5.41) is 4.32. The minimum Gasteiger partial charge on any atom is -0.344 e. The average Bonchev–Trinajstić information content (AvgIpc) is 2.77. The fourth-order valence-corrected chi connectivity index (χ4v) is 2.09. The van der Waals surface area contributed by atoms with Crippen molar-refractivity contribution >= 4 is 29.1 Å². The van der Waals surface area contributed by atoms with E-state index in [1.54, 1.807) is 0 Å². The summed E-state index contributed by atoms with van der Waals surface area (Å²) in [7, 11) is 0. The molecule has 20 heavy (non-hydrogen) atoms. The molecule has 0 radical (unpaired) electrons. The molecule has 1 saturated heterocycles. The molecule has 1 heterocycles. The van der Waals surface area contributed by atoms with Crippen molar-refractivity contribution in [3.05, 3.63) is 28.8 Å². The topological polar surface area (TPSA) is 58.2 Å². The molecule has 0 aliphatic carbocycles. The van der Waals surface area contributed by atoms with Gasteiger partial charge in [-0.2, -0.15) is 13.2 Å². The van der Waals surface area contributed by atoms with E-state index in [4.69, 9.17) is 11.6 Å². The predicted octanol–water partition coefficient (Wildman–Crippen LogP) is 2.58. The van der Waals surface area contributed by atoms with Gasteiger partial charge in [-0.1, -0.05) is 11.6 Å². The number of alkyl halides is 3. The first-order valence-electron chi connectivity index (χ1n) is 5.74. The van der Waals surface area contributed by atoms with E-state index in [0.29, 0.717) is 6.42 Å². The summed E-state index contributed by atoms with van der Waals surface area (Å²) in [4.78, 5) is 22.7. The van der Waals surface area contributed by atoms with Gasteiger partial charge in [0.1, 0.15) is 6.04 Å². The molecule has 4 nitrogen and oxygen atoms in total. The van der Waals surface area contributed by atoms with E-state index in [9.17, 15) is 22.8 Å². The quantitative estimate of drug-likeness (QED) is 0.882. The Kier molecular flexibility index (Phi) is 3.89. The fourth-order valence-electron chi connectivity index (χ4n) is 1.86. The summed E-state index contributed by atoms with van der Waals surface area (Å²) in [6.45, 7) is 0. The van der Waals surface area contributed by atoms with Crippen LogP contribution in [0.5, 0.6) is 0 Å². The van der Waals surface area contributed by atoms with Crippen molar-refractivity contribution in [1.82, 2.24) is 5.32 Å². The monoisotopic (exact) mass is 306 g/mol. The van der Waals surface area contributed by atoms with Gasteiger partial charge in [0.15, 0.2) is 0 Å². The van der Waals surface area contributed by atoms with Crippen LogP contribution in [0, 0.1) is 0 Å². The molecule has 0 saturated carbocycles. The molecule has 1 unspecified atom stereocenters. The van der Waals surface area contributed by atoms with Crippen LogP contribution in [0.2, 0.25) is 5.02 Å². The highest BCUT2D eigenvalue weighted by atomic mass is 35.5. The first-order valence-corrected chi connectivity index (χ1v) is 6.12. The lowest BCUT2D eigenvalue weighted by Crippen LogP contribution is -2.37. The molecule has 1 aliphatic heterocycles. The van der Waals surface area contributed by atoms with E-state index in [2.05, 4.69) is 10.6 Å². The highest BCUT2D eigenvalue weighted by Gasteiger charge is 2.34. The maximum Gasteiger partial charge on any atom is 0.417 e. The second-order valence-corrected chi connectivity index (χ2v) is 4.75. The van der Waals surface area contributed by atoms with Gasteiger partial charge in [0.2, 0.25) is 11.8 Å².